The van der Waals surface area contributed by atoms with Crippen molar-refractivity contribution in [3.05, 3.63) is 45.4 Å². The number of benzene rings is 1. The lowest BCUT2D eigenvalue weighted by atomic mass is 9.59. The Hall–Kier alpha value is -3.75. The number of hydrogen-bond acceptors (Lipinski definition) is 9. The molecule has 9 nitrogen and oxygen atoms in total. The van der Waals surface area contributed by atoms with Crippen LogP contribution in [0.2, 0.25) is 0 Å². The van der Waals surface area contributed by atoms with Gasteiger partial charge in [-0.1, -0.05) is 41.5 Å². The van der Waals surface area contributed by atoms with Gasteiger partial charge < -0.3 is 20.4 Å². The summed E-state index contributed by atoms with van der Waals surface area (Å²) in [7, 11) is 0. The van der Waals surface area contributed by atoms with E-state index in [1.54, 1.807) is 41.5 Å². The van der Waals surface area contributed by atoms with Crippen LogP contribution in [-0.2, 0) is 19.2 Å². The van der Waals surface area contributed by atoms with E-state index in [2.05, 4.69) is 0 Å². The molecule has 0 radical (unpaired) electrons. The first-order valence-corrected chi connectivity index (χ1v) is 16.3. The molecule has 3 rings (SSSR count). The maximum Gasteiger partial charge on any atom is 0.175 e. The zero-order valence-corrected chi connectivity index (χ0v) is 30.3. The summed E-state index contributed by atoms with van der Waals surface area (Å²) in [6.45, 7) is 22.3. The minimum absolute atomic E-state index is 0.0382. The highest BCUT2D eigenvalue weighted by molar-refractivity contribution is 6.20. The number of carbonyl (C=O) groups excluding carboxylic acids is 5. The number of carbonyl (C=O) groups is 5. The van der Waals surface area contributed by atoms with Gasteiger partial charge in [0.15, 0.2) is 28.9 Å². The highest BCUT2D eigenvalue weighted by atomic mass is 16.3. The summed E-state index contributed by atoms with van der Waals surface area (Å²) >= 11 is 0. The Bertz CT molecular complexity index is 1530. The van der Waals surface area contributed by atoms with Gasteiger partial charge in [0.25, 0.3) is 0 Å². The van der Waals surface area contributed by atoms with Crippen LogP contribution in [0.4, 0.5) is 0 Å². The van der Waals surface area contributed by atoms with E-state index in [1.807, 2.05) is 0 Å². The quantitative estimate of drug-likeness (QED) is 0.165. The summed E-state index contributed by atoms with van der Waals surface area (Å²) in [4.78, 5) is 68.5. The Kier molecular flexibility index (Phi) is 9.42. The van der Waals surface area contributed by atoms with Gasteiger partial charge in [0.05, 0.1) is 21.7 Å². The average molecular weight is 653 g/mol. The van der Waals surface area contributed by atoms with Crippen LogP contribution in [0.5, 0.6) is 11.5 Å². The smallest absolute Gasteiger partial charge is 0.175 e. The van der Waals surface area contributed by atoms with Crippen LogP contribution in [0.1, 0.15) is 130 Å². The molecule has 1 aromatic carbocycles. The van der Waals surface area contributed by atoms with Gasteiger partial charge in [-0.15, -0.1) is 0 Å². The number of rotatable bonds is 8. The molecule has 2 aliphatic carbocycles. The first-order valence-electron chi connectivity index (χ1n) is 16.3. The lowest BCUT2D eigenvalue weighted by molar-refractivity contribution is -0.146. The molecule has 0 unspecified atom stereocenters. The molecule has 1 aromatic rings. The second-order valence-electron chi connectivity index (χ2n) is 16.4. The van der Waals surface area contributed by atoms with Crippen LogP contribution in [0.25, 0.3) is 0 Å². The second-order valence-corrected chi connectivity index (χ2v) is 16.4. The molecule has 0 aliphatic heterocycles. The molecule has 4 N–H and O–H groups in total. The van der Waals surface area contributed by atoms with Gasteiger partial charge in [-0.25, -0.2) is 0 Å². The van der Waals surface area contributed by atoms with Gasteiger partial charge in [0.1, 0.15) is 28.6 Å². The van der Waals surface area contributed by atoms with E-state index in [9.17, 15) is 44.4 Å². The topological polar surface area (TPSA) is 166 Å². The first-order chi connectivity index (χ1) is 21.1. The van der Waals surface area contributed by atoms with Gasteiger partial charge in [-0.2, -0.15) is 0 Å². The predicted molar refractivity (Wildman–Crippen MR) is 179 cm³/mol. The second kappa shape index (κ2) is 11.7. The first kappa shape index (κ1) is 37.7. The van der Waals surface area contributed by atoms with Crippen molar-refractivity contribution < 1.29 is 44.4 Å². The third-order valence-corrected chi connectivity index (χ3v) is 10.3. The van der Waals surface area contributed by atoms with Crippen LogP contribution in [0, 0.1) is 39.4 Å². The molecule has 0 amide bonds. The molecule has 0 saturated carbocycles. The van der Waals surface area contributed by atoms with Gasteiger partial charge in [0.2, 0.25) is 0 Å². The number of aliphatic hydroxyl groups is 2. The molecule has 9 heteroatoms. The number of allylic oxidation sites excluding steroid dienone is 4. The zero-order chi connectivity index (χ0) is 36.7. The molecular formula is C38H52O9. The maximum absolute atomic E-state index is 14.1. The summed E-state index contributed by atoms with van der Waals surface area (Å²) in [5.74, 6) is -8.65. The third kappa shape index (κ3) is 5.43. The summed E-state index contributed by atoms with van der Waals surface area (Å²) in [5.41, 5.74) is -6.43. The molecular weight excluding hydrogens is 600 g/mol. The summed E-state index contributed by atoms with van der Waals surface area (Å²) in [6, 6.07) is 1.42. The van der Waals surface area contributed by atoms with Crippen LogP contribution < -0.4 is 0 Å². The lowest BCUT2D eigenvalue weighted by Gasteiger charge is -2.42. The molecule has 2 atom stereocenters. The van der Waals surface area contributed by atoms with Crippen molar-refractivity contribution in [3.63, 3.8) is 0 Å². The molecule has 0 bridgehead atoms. The number of hydrogen-bond donors (Lipinski definition) is 4. The fourth-order valence-corrected chi connectivity index (χ4v) is 7.52. The number of aliphatic hydroxyl groups excluding tert-OH is 2. The van der Waals surface area contributed by atoms with E-state index < -0.39 is 109 Å². The monoisotopic (exact) mass is 652 g/mol. The maximum atomic E-state index is 14.1. The molecule has 2 aliphatic rings. The fourth-order valence-electron chi connectivity index (χ4n) is 7.52. The number of Topliss-reactive ketones (excluding diaryl/α,β-unsaturated/α-hetero) is 5. The largest absolute Gasteiger partial charge is 0.511 e. The Balaban J connectivity index is 2.60. The minimum atomic E-state index is -1.51. The van der Waals surface area contributed by atoms with Crippen molar-refractivity contribution in [1.29, 1.82) is 0 Å². The highest BCUT2D eigenvalue weighted by Crippen LogP contribution is 2.55. The Labute approximate surface area is 278 Å². The van der Waals surface area contributed by atoms with Crippen LogP contribution >= 0.6 is 0 Å². The van der Waals surface area contributed by atoms with E-state index in [0.29, 0.717) is 0 Å². The van der Waals surface area contributed by atoms with Crippen molar-refractivity contribution in [2.75, 3.05) is 0 Å². The molecule has 0 fully saturated rings. The fraction of sp³-hybridized carbons (Fsp3) is 0.605. The van der Waals surface area contributed by atoms with Gasteiger partial charge >= 0.3 is 0 Å². The van der Waals surface area contributed by atoms with Gasteiger partial charge in [-0.3, -0.25) is 24.0 Å². The highest BCUT2D eigenvalue weighted by Gasteiger charge is 2.57. The van der Waals surface area contributed by atoms with Crippen molar-refractivity contribution >= 4 is 28.9 Å². The third-order valence-electron chi connectivity index (χ3n) is 10.3. The van der Waals surface area contributed by atoms with Gasteiger partial charge in [0, 0.05) is 40.0 Å². The Morgan fingerprint density at radius 1 is 0.553 bits per heavy atom. The summed E-state index contributed by atoms with van der Waals surface area (Å²) in [6.07, 6.45) is 0. The summed E-state index contributed by atoms with van der Waals surface area (Å²) in [5, 5.41) is 46.8. The van der Waals surface area contributed by atoms with E-state index >= 15 is 0 Å². The van der Waals surface area contributed by atoms with Gasteiger partial charge in [-0.05, 0) is 73.3 Å². The molecule has 0 aromatic heterocycles. The van der Waals surface area contributed by atoms with Crippen molar-refractivity contribution in [1.82, 2.24) is 0 Å². The van der Waals surface area contributed by atoms with E-state index in [0.717, 1.165) is 0 Å². The standard InChI is InChI=1S/C38H52O9/c1-16(2)21(23-29(42)35(7,8)33(46)36(9,10)30(23)43)19-15-20(28(41)25(27(19)40)26(39)18(5)6)22(17(3)4)24-31(44)37(11,12)34(47)38(13,14)32(24)45/h15-18,21-22,40-42,44H,1-14H3/t21-,22+. The number of phenolic OH excluding ortho intramolecular Hbond substituents is 2. The van der Waals surface area contributed by atoms with Crippen LogP contribution in [-0.4, -0.2) is 49.3 Å². The number of ketones is 5. The van der Waals surface area contributed by atoms with E-state index in [4.69, 9.17) is 0 Å². The molecule has 0 heterocycles. The number of phenols is 2. The Morgan fingerprint density at radius 3 is 1.11 bits per heavy atom. The van der Waals surface area contributed by atoms with Crippen molar-refractivity contribution in [2.45, 2.75) is 109 Å². The lowest BCUT2D eigenvalue weighted by Crippen LogP contribution is -2.50. The predicted octanol–water partition coefficient (Wildman–Crippen LogP) is 7.45. The average Bonchev–Trinajstić information content (AvgIpc) is 2.95. The van der Waals surface area contributed by atoms with E-state index in [1.165, 1.54) is 61.5 Å². The Morgan fingerprint density at radius 2 is 0.851 bits per heavy atom. The van der Waals surface area contributed by atoms with Crippen molar-refractivity contribution in [3.8, 4) is 11.5 Å². The minimum Gasteiger partial charge on any atom is -0.511 e. The zero-order valence-electron chi connectivity index (χ0n) is 30.3. The van der Waals surface area contributed by atoms with E-state index in [-0.39, 0.29) is 22.3 Å². The molecule has 0 spiro atoms. The molecule has 0 saturated heterocycles. The van der Waals surface area contributed by atoms with Crippen LogP contribution in [0.15, 0.2) is 28.7 Å². The normalized spacial score (nSPS) is 22.1. The summed E-state index contributed by atoms with van der Waals surface area (Å²) < 4.78 is 0. The molecule has 47 heavy (non-hydrogen) atoms. The molecule has 258 valence electrons. The van der Waals surface area contributed by atoms with Crippen molar-refractivity contribution in [2.24, 2.45) is 39.4 Å². The van der Waals surface area contributed by atoms with Crippen LogP contribution in [0.3, 0.4) is 0 Å². The SMILES string of the molecule is CC(C)C(=O)c1c(O)c([C@@H](C2=C(O)C(C)(C)C(=O)C(C)(C)C2=O)C(C)C)cc([C@H](C2=C(O)C(C)(C)C(=O)C(C)(C)C2=O)C(C)C)c1O. The number of aromatic hydroxyl groups is 2.